The topological polar surface area (TPSA) is 127 Å². The van der Waals surface area contributed by atoms with Crippen LogP contribution in [0.4, 0.5) is 0 Å². The Balaban J connectivity index is 2.16. The van der Waals surface area contributed by atoms with Crippen LogP contribution in [0.3, 0.4) is 0 Å². The third-order valence-corrected chi connectivity index (χ3v) is 4.52. The Bertz CT molecular complexity index is 946. The Labute approximate surface area is 166 Å². The van der Waals surface area contributed by atoms with E-state index in [-0.39, 0.29) is 22.8 Å². The van der Waals surface area contributed by atoms with E-state index < -0.39 is 17.9 Å². The molecule has 1 aliphatic rings. The summed E-state index contributed by atoms with van der Waals surface area (Å²) in [7, 11) is 4.42. The number of phenols is 1. The van der Waals surface area contributed by atoms with Gasteiger partial charge in [0.25, 0.3) is 0 Å². The van der Waals surface area contributed by atoms with Crippen molar-refractivity contribution in [2.45, 2.75) is 12.0 Å². The average Bonchev–Trinajstić information content (AvgIpc) is 2.72. The Hall–Kier alpha value is -3.43. The van der Waals surface area contributed by atoms with E-state index in [0.717, 1.165) is 0 Å². The van der Waals surface area contributed by atoms with Crippen molar-refractivity contribution in [2.75, 3.05) is 21.3 Å². The summed E-state index contributed by atoms with van der Waals surface area (Å²) in [5.41, 5.74) is 0.314. The van der Waals surface area contributed by atoms with Gasteiger partial charge in [-0.15, -0.1) is 0 Å². The minimum atomic E-state index is -1.85. The second-order valence-corrected chi connectivity index (χ2v) is 6.34. The van der Waals surface area contributed by atoms with Crippen molar-refractivity contribution in [3.05, 3.63) is 47.5 Å². The molecule has 0 saturated carbocycles. The molecule has 154 valence electrons. The average molecular weight is 403 g/mol. The van der Waals surface area contributed by atoms with E-state index in [9.17, 15) is 15.0 Å². The number of amides is 1. The highest BCUT2D eigenvalue weighted by Crippen LogP contribution is 2.46. The maximum atomic E-state index is 11.8. The molecule has 2 aromatic carbocycles. The number of hydroxylamine groups is 1. The van der Waals surface area contributed by atoms with Gasteiger partial charge in [0.1, 0.15) is 22.9 Å². The van der Waals surface area contributed by atoms with Crippen molar-refractivity contribution in [1.82, 2.24) is 5.48 Å². The van der Waals surface area contributed by atoms with Crippen molar-refractivity contribution in [3.63, 3.8) is 0 Å². The molecule has 2 aromatic rings. The van der Waals surface area contributed by atoms with Gasteiger partial charge in [0.15, 0.2) is 11.5 Å². The lowest BCUT2D eigenvalue weighted by Crippen LogP contribution is -2.34. The second kappa shape index (κ2) is 7.90. The van der Waals surface area contributed by atoms with E-state index in [0.29, 0.717) is 22.8 Å². The molecule has 0 spiro atoms. The molecule has 1 atom stereocenters. The minimum absolute atomic E-state index is 0.111. The molecule has 0 aliphatic carbocycles. The van der Waals surface area contributed by atoms with Crippen molar-refractivity contribution < 1.29 is 39.2 Å². The molecule has 1 unspecified atom stereocenters. The van der Waals surface area contributed by atoms with Crippen LogP contribution in [0.15, 0.2) is 36.4 Å². The first kappa shape index (κ1) is 20.3. The first-order valence-corrected chi connectivity index (χ1v) is 8.55. The monoisotopic (exact) mass is 403 g/mol. The Kier molecular flexibility index (Phi) is 5.53. The molecule has 1 amide bonds. The lowest BCUT2D eigenvalue weighted by molar-refractivity contribution is -0.133. The molecule has 0 bridgehead atoms. The summed E-state index contributed by atoms with van der Waals surface area (Å²) in [6.07, 6.45) is 0.821. The number of methoxy groups -OCH3 is 3. The summed E-state index contributed by atoms with van der Waals surface area (Å²) in [5.74, 6) is 0.663. The number of nitrogens with one attached hydrogen (secondary N) is 1. The molecule has 3 rings (SSSR count). The number of aromatic hydroxyl groups is 1. The van der Waals surface area contributed by atoms with Crippen LogP contribution in [0.2, 0.25) is 0 Å². The van der Waals surface area contributed by atoms with Gasteiger partial charge < -0.3 is 29.2 Å². The number of benzene rings is 2. The standard InChI is InChI=1S/C20H21NO8/c1-26-15-6-11(7-16(27-2)19(15)28-3)17-9-20(24,10-18(23)21-25)13-8-12(22)4-5-14(13)29-17/h4-9,22,24-25H,10H2,1-3H3,(H,21,23). The molecule has 9 heteroatoms. The summed E-state index contributed by atoms with van der Waals surface area (Å²) in [6.45, 7) is 0. The fourth-order valence-electron chi connectivity index (χ4n) is 3.18. The van der Waals surface area contributed by atoms with Crippen LogP contribution in [0, 0.1) is 0 Å². The van der Waals surface area contributed by atoms with E-state index >= 15 is 0 Å². The van der Waals surface area contributed by atoms with Gasteiger partial charge in [0.05, 0.1) is 27.8 Å². The molecule has 1 heterocycles. The summed E-state index contributed by atoms with van der Waals surface area (Å²) >= 11 is 0. The lowest BCUT2D eigenvalue weighted by Gasteiger charge is -2.32. The van der Waals surface area contributed by atoms with Crippen molar-refractivity contribution in [1.29, 1.82) is 0 Å². The van der Waals surface area contributed by atoms with Gasteiger partial charge in [-0.1, -0.05) is 0 Å². The Morgan fingerprint density at radius 2 is 1.76 bits per heavy atom. The van der Waals surface area contributed by atoms with Gasteiger partial charge in [-0.05, 0) is 36.4 Å². The first-order valence-electron chi connectivity index (χ1n) is 8.55. The molecule has 0 fully saturated rings. The number of rotatable bonds is 6. The number of fused-ring (bicyclic) bond motifs is 1. The van der Waals surface area contributed by atoms with Gasteiger partial charge >= 0.3 is 0 Å². The van der Waals surface area contributed by atoms with E-state index in [1.807, 2.05) is 0 Å². The highest BCUT2D eigenvalue weighted by atomic mass is 16.5. The van der Waals surface area contributed by atoms with Gasteiger partial charge in [0, 0.05) is 11.1 Å². The normalized spacial score (nSPS) is 17.5. The molecule has 9 nitrogen and oxygen atoms in total. The molecule has 1 aliphatic heterocycles. The third-order valence-electron chi connectivity index (χ3n) is 4.52. The van der Waals surface area contributed by atoms with Crippen LogP contribution in [-0.2, 0) is 10.4 Å². The number of hydrogen-bond donors (Lipinski definition) is 4. The lowest BCUT2D eigenvalue weighted by atomic mass is 9.86. The maximum Gasteiger partial charge on any atom is 0.246 e. The van der Waals surface area contributed by atoms with Crippen molar-refractivity contribution in [3.8, 4) is 28.7 Å². The zero-order valence-electron chi connectivity index (χ0n) is 16.1. The van der Waals surface area contributed by atoms with Crippen LogP contribution < -0.4 is 24.4 Å². The summed E-state index contributed by atoms with van der Waals surface area (Å²) in [6, 6.07) is 7.42. The van der Waals surface area contributed by atoms with Crippen LogP contribution in [-0.4, -0.2) is 42.7 Å². The quantitative estimate of drug-likeness (QED) is 0.426. The Morgan fingerprint density at radius 1 is 1.10 bits per heavy atom. The number of aliphatic hydroxyl groups is 1. The number of phenolic OH excluding ortho intramolecular Hbond substituents is 1. The number of carbonyl (C=O) groups excluding carboxylic acids is 1. The van der Waals surface area contributed by atoms with Gasteiger partial charge in [0.2, 0.25) is 11.7 Å². The van der Waals surface area contributed by atoms with E-state index in [1.165, 1.54) is 51.1 Å². The van der Waals surface area contributed by atoms with E-state index in [4.69, 9.17) is 24.2 Å². The fraction of sp³-hybridized carbons (Fsp3) is 0.250. The smallest absolute Gasteiger partial charge is 0.246 e. The molecule has 0 radical (unpaired) electrons. The third kappa shape index (κ3) is 3.78. The van der Waals surface area contributed by atoms with Gasteiger partial charge in [-0.2, -0.15) is 0 Å². The van der Waals surface area contributed by atoms with Crippen LogP contribution in [0.5, 0.6) is 28.7 Å². The second-order valence-electron chi connectivity index (χ2n) is 6.34. The molecular formula is C20H21NO8. The molecule has 4 N–H and O–H groups in total. The number of carbonyl (C=O) groups is 1. The fourth-order valence-corrected chi connectivity index (χ4v) is 3.18. The minimum Gasteiger partial charge on any atom is -0.508 e. The summed E-state index contributed by atoms with van der Waals surface area (Å²) < 4.78 is 21.9. The molecule has 0 aromatic heterocycles. The van der Waals surface area contributed by atoms with Crippen LogP contribution in [0.1, 0.15) is 17.5 Å². The van der Waals surface area contributed by atoms with E-state index in [1.54, 1.807) is 12.1 Å². The van der Waals surface area contributed by atoms with Crippen LogP contribution >= 0.6 is 0 Å². The zero-order valence-corrected chi connectivity index (χ0v) is 16.1. The zero-order chi connectivity index (χ0) is 21.2. The number of hydrogen-bond acceptors (Lipinski definition) is 8. The Morgan fingerprint density at radius 3 is 2.31 bits per heavy atom. The van der Waals surface area contributed by atoms with E-state index in [2.05, 4.69) is 0 Å². The van der Waals surface area contributed by atoms with Crippen LogP contribution in [0.25, 0.3) is 5.76 Å². The highest BCUT2D eigenvalue weighted by Gasteiger charge is 2.38. The summed E-state index contributed by atoms with van der Waals surface area (Å²) in [4.78, 5) is 11.8. The largest absolute Gasteiger partial charge is 0.508 e. The highest BCUT2D eigenvalue weighted by molar-refractivity contribution is 5.79. The summed E-state index contributed by atoms with van der Waals surface area (Å²) in [5, 5.41) is 29.9. The predicted octanol–water partition coefficient (Wildman–Crippen LogP) is 1.93. The van der Waals surface area contributed by atoms with Crippen molar-refractivity contribution >= 4 is 11.7 Å². The molecule has 0 saturated heterocycles. The molecule has 29 heavy (non-hydrogen) atoms. The maximum absolute atomic E-state index is 11.8. The number of ether oxygens (including phenoxy) is 4. The SMILES string of the molecule is COc1cc(C2=CC(O)(CC(=O)NO)c3cc(O)ccc3O2)cc(OC)c1OC. The predicted molar refractivity (Wildman–Crippen MR) is 101 cm³/mol. The van der Waals surface area contributed by atoms with Crippen molar-refractivity contribution in [2.24, 2.45) is 0 Å². The molecular weight excluding hydrogens is 382 g/mol. The van der Waals surface area contributed by atoms with Gasteiger partial charge in [-0.3, -0.25) is 10.0 Å². The first-order chi connectivity index (χ1) is 13.8. The van der Waals surface area contributed by atoms with Gasteiger partial charge in [-0.25, -0.2) is 5.48 Å².